The SMILES string of the molecule is c1ccc(-c2nc(-c3ccccc3)nc(-c3ccc(-n4c5ccccc5c5c6ccc(-c7ccc8ccc(-c9ccc%10ccccc%10c9)cc8c7)cc6ccc54)cc3)n2)cc1. The summed E-state index contributed by atoms with van der Waals surface area (Å²) in [5.74, 6) is 1.94. The molecule has 0 fully saturated rings. The lowest BCUT2D eigenvalue weighted by molar-refractivity contribution is 1.07. The van der Waals surface area contributed by atoms with E-state index in [-0.39, 0.29) is 0 Å². The normalized spacial score (nSPS) is 11.6. The Morgan fingerprint density at radius 3 is 1.33 bits per heavy atom. The van der Waals surface area contributed by atoms with E-state index in [0.717, 1.165) is 27.9 Å². The maximum absolute atomic E-state index is 4.97. The van der Waals surface area contributed by atoms with Crippen LogP contribution in [0.3, 0.4) is 0 Å². The van der Waals surface area contributed by atoms with Crippen molar-refractivity contribution in [1.82, 2.24) is 19.5 Å². The van der Waals surface area contributed by atoms with E-state index in [1.807, 2.05) is 60.7 Å². The van der Waals surface area contributed by atoms with Gasteiger partial charge in [0.2, 0.25) is 0 Å². The minimum atomic E-state index is 0.639. The molecule has 2 aromatic heterocycles. The molecule has 0 aliphatic carbocycles. The largest absolute Gasteiger partial charge is 0.309 e. The van der Waals surface area contributed by atoms with E-state index in [4.69, 9.17) is 15.0 Å². The van der Waals surface area contributed by atoms with Gasteiger partial charge in [-0.15, -0.1) is 0 Å². The summed E-state index contributed by atoms with van der Waals surface area (Å²) < 4.78 is 2.37. The number of para-hydroxylation sites is 1. The first-order chi connectivity index (χ1) is 30.2. The Kier molecular flexibility index (Phi) is 8.13. The Bertz CT molecular complexity index is 3570. The van der Waals surface area contributed by atoms with Crippen LogP contribution < -0.4 is 0 Å². The standard InChI is InChI=1S/C57H36N4/c1-3-12-39(13-4-1)55-58-56(40-14-5-2-6-15-40)60-57(59-55)41-25-29-49(30-26-41)61-52-18-10-9-17-51(52)54-50-31-27-46(34-47(50)28-32-53(54)61)45-24-21-38-20-23-44(35-48(38)36-45)43-22-19-37-11-7-8-16-42(37)33-43/h1-36H. The smallest absolute Gasteiger partial charge is 0.164 e. The summed E-state index contributed by atoms with van der Waals surface area (Å²) in [7, 11) is 0. The van der Waals surface area contributed by atoms with E-state index in [2.05, 4.69) is 162 Å². The van der Waals surface area contributed by atoms with Crippen LogP contribution in [-0.4, -0.2) is 19.5 Å². The number of benzene rings is 10. The number of rotatable bonds is 6. The molecule has 0 radical (unpaired) electrons. The van der Waals surface area contributed by atoms with Gasteiger partial charge in [0.1, 0.15) is 0 Å². The first-order valence-electron chi connectivity index (χ1n) is 20.7. The van der Waals surface area contributed by atoms with Crippen molar-refractivity contribution in [3.05, 3.63) is 218 Å². The summed E-state index contributed by atoms with van der Waals surface area (Å²) in [6, 6.07) is 77.9. The monoisotopic (exact) mass is 776 g/mol. The van der Waals surface area contributed by atoms with Crippen LogP contribution in [-0.2, 0) is 0 Å². The van der Waals surface area contributed by atoms with Gasteiger partial charge in [-0.3, -0.25) is 0 Å². The van der Waals surface area contributed by atoms with Crippen molar-refractivity contribution in [2.45, 2.75) is 0 Å². The van der Waals surface area contributed by atoms with E-state index in [1.54, 1.807) is 0 Å². The van der Waals surface area contributed by atoms with Gasteiger partial charge in [0, 0.05) is 33.2 Å². The molecular weight excluding hydrogens is 741 g/mol. The third kappa shape index (κ3) is 6.12. The molecule has 284 valence electrons. The third-order valence-corrected chi connectivity index (χ3v) is 12.0. The second-order valence-electron chi connectivity index (χ2n) is 15.7. The highest BCUT2D eigenvalue weighted by Gasteiger charge is 2.17. The molecule has 4 nitrogen and oxygen atoms in total. The molecule has 0 bridgehead atoms. The van der Waals surface area contributed by atoms with E-state index >= 15 is 0 Å². The zero-order valence-corrected chi connectivity index (χ0v) is 33.1. The zero-order chi connectivity index (χ0) is 40.3. The lowest BCUT2D eigenvalue weighted by atomic mass is 9.95. The summed E-state index contributed by atoms with van der Waals surface area (Å²) in [6.07, 6.45) is 0. The van der Waals surface area contributed by atoms with E-state index in [9.17, 15) is 0 Å². The van der Waals surface area contributed by atoms with Crippen molar-refractivity contribution in [3.8, 4) is 62.1 Å². The first kappa shape index (κ1) is 34.8. The van der Waals surface area contributed by atoms with E-state index in [1.165, 1.54) is 70.9 Å². The van der Waals surface area contributed by atoms with Crippen LogP contribution in [0.1, 0.15) is 0 Å². The fourth-order valence-corrected chi connectivity index (χ4v) is 8.93. The minimum Gasteiger partial charge on any atom is -0.309 e. The third-order valence-electron chi connectivity index (χ3n) is 12.0. The Hall–Kier alpha value is -8.21. The molecule has 12 rings (SSSR count). The molecule has 61 heavy (non-hydrogen) atoms. The molecular formula is C57H36N4. The van der Waals surface area contributed by atoms with Gasteiger partial charge < -0.3 is 4.57 Å². The van der Waals surface area contributed by atoms with Crippen LogP contribution in [0.5, 0.6) is 0 Å². The van der Waals surface area contributed by atoms with Gasteiger partial charge in [-0.05, 0) is 115 Å². The molecule has 4 heteroatoms. The van der Waals surface area contributed by atoms with Gasteiger partial charge in [-0.1, -0.05) is 158 Å². The lowest BCUT2D eigenvalue weighted by Gasteiger charge is -2.11. The maximum Gasteiger partial charge on any atom is 0.164 e. The maximum atomic E-state index is 4.97. The quantitative estimate of drug-likeness (QED) is 0.169. The van der Waals surface area contributed by atoms with Gasteiger partial charge in [0.05, 0.1) is 11.0 Å². The molecule has 0 unspecified atom stereocenters. The number of hydrogen-bond donors (Lipinski definition) is 0. The van der Waals surface area contributed by atoms with Crippen molar-refractivity contribution in [2.75, 3.05) is 0 Å². The van der Waals surface area contributed by atoms with Crippen molar-refractivity contribution in [3.63, 3.8) is 0 Å². The second-order valence-corrected chi connectivity index (χ2v) is 15.7. The summed E-state index contributed by atoms with van der Waals surface area (Å²) in [5, 5.41) is 9.91. The molecule has 0 spiro atoms. The Morgan fingerprint density at radius 2 is 0.705 bits per heavy atom. The van der Waals surface area contributed by atoms with Gasteiger partial charge in [0.25, 0.3) is 0 Å². The van der Waals surface area contributed by atoms with Crippen LogP contribution in [0.15, 0.2) is 218 Å². The van der Waals surface area contributed by atoms with Gasteiger partial charge in [-0.2, -0.15) is 0 Å². The zero-order valence-electron chi connectivity index (χ0n) is 33.1. The topological polar surface area (TPSA) is 43.6 Å². The summed E-state index contributed by atoms with van der Waals surface area (Å²) in [6.45, 7) is 0. The molecule has 0 saturated heterocycles. The summed E-state index contributed by atoms with van der Waals surface area (Å²) >= 11 is 0. The van der Waals surface area contributed by atoms with Gasteiger partial charge >= 0.3 is 0 Å². The molecule has 0 N–H and O–H groups in total. The van der Waals surface area contributed by atoms with Crippen molar-refractivity contribution >= 4 is 54.1 Å². The molecule has 2 heterocycles. The van der Waals surface area contributed by atoms with E-state index < -0.39 is 0 Å². The van der Waals surface area contributed by atoms with Crippen LogP contribution in [0.25, 0.3) is 116 Å². The van der Waals surface area contributed by atoms with Crippen LogP contribution in [0.4, 0.5) is 0 Å². The first-order valence-corrected chi connectivity index (χ1v) is 20.7. The minimum absolute atomic E-state index is 0.639. The molecule has 0 saturated carbocycles. The molecule has 10 aromatic carbocycles. The van der Waals surface area contributed by atoms with Gasteiger partial charge in [0.15, 0.2) is 17.5 Å². The Morgan fingerprint density at radius 1 is 0.262 bits per heavy atom. The van der Waals surface area contributed by atoms with Crippen LogP contribution in [0.2, 0.25) is 0 Å². The highest BCUT2D eigenvalue weighted by atomic mass is 15.0. The fraction of sp³-hybridized carbons (Fsp3) is 0. The number of fused-ring (bicyclic) bond motifs is 7. The average molecular weight is 777 g/mol. The highest BCUT2D eigenvalue weighted by Crippen LogP contribution is 2.39. The molecule has 0 aliphatic heterocycles. The summed E-state index contributed by atoms with van der Waals surface area (Å²) in [4.78, 5) is 14.8. The Labute approximate surface area is 352 Å². The van der Waals surface area contributed by atoms with Crippen LogP contribution in [0, 0.1) is 0 Å². The molecule has 12 aromatic rings. The average Bonchev–Trinajstić information content (AvgIpc) is 3.68. The lowest BCUT2D eigenvalue weighted by Crippen LogP contribution is -2.00. The second kappa shape index (κ2) is 14.3. The number of hydrogen-bond acceptors (Lipinski definition) is 3. The van der Waals surface area contributed by atoms with Crippen molar-refractivity contribution < 1.29 is 0 Å². The number of nitrogens with zero attached hydrogens (tertiary/aromatic N) is 4. The molecule has 0 amide bonds. The van der Waals surface area contributed by atoms with Gasteiger partial charge in [-0.25, -0.2) is 15.0 Å². The summed E-state index contributed by atoms with van der Waals surface area (Å²) in [5.41, 5.74) is 11.1. The van der Waals surface area contributed by atoms with Crippen LogP contribution >= 0.6 is 0 Å². The molecule has 0 aliphatic rings. The van der Waals surface area contributed by atoms with E-state index in [0.29, 0.717) is 17.5 Å². The number of aromatic nitrogens is 4. The Balaban J connectivity index is 0.920. The highest BCUT2D eigenvalue weighted by molar-refractivity contribution is 6.21. The predicted molar refractivity (Wildman–Crippen MR) is 254 cm³/mol. The predicted octanol–water partition coefficient (Wildman–Crippen LogP) is 14.8. The van der Waals surface area contributed by atoms with Crippen molar-refractivity contribution in [2.24, 2.45) is 0 Å². The molecule has 0 atom stereocenters. The fourth-order valence-electron chi connectivity index (χ4n) is 8.93. The van der Waals surface area contributed by atoms with Crippen molar-refractivity contribution in [1.29, 1.82) is 0 Å².